The Morgan fingerprint density at radius 1 is 1.50 bits per heavy atom. The Bertz CT molecular complexity index is 566. The van der Waals surface area contributed by atoms with Crippen molar-refractivity contribution in [2.75, 3.05) is 6.61 Å². The van der Waals surface area contributed by atoms with E-state index >= 15 is 0 Å². The van der Waals surface area contributed by atoms with E-state index in [2.05, 4.69) is 20.9 Å². The predicted molar refractivity (Wildman–Crippen MR) is 78.3 cm³/mol. The maximum absolute atomic E-state index is 11.4. The second kappa shape index (κ2) is 6.33. The van der Waals surface area contributed by atoms with Crippen LogP contribution in [0.1, 0.15) is 18.2 Å². The number of imidazole rings is 1. The Kier molecular flexibility index (Phi) is 5.34. The Balaban J connectivity index is 0.00000162. The van der Waals surface area contributed by atoms with Gasteiger partial charge in [-0.3, -0.25) is 4.79 Å². The van der Waals surface area contributed by atoms with Crippen LogP contribution in [0.2, 0.25) is 0 Å². The molecule has 2 rings (SSSR count). The van der Waals surface area contributed by atoms with Crippen molar-refractivity contribution in [2.24, 2.45) is 0 Å². The number of aryl methyl sites for hydroxylation is 1. The SMILES string of the molecule is Br.CCOC(=O)Cc1cn2cc(Br)cc(C)c2n1. The second-order valence-electron chi connectivity index (χ2n) is 3.79. The summed E-state index contributed by atoms with van der Waals surface area (Å²) in [5.41, 5.74) is 2.66. The van der Waals surface area contributed by atoms with Gasteiger partial charge in [-0.05, 0) is 41.4 Å². The molecule has 2 aromatic rings. The van der Waals surface area contributed by atoms with Gasteiger partial charge in [-0.2, -0.15) is 0 Å². The zero-order valence-electron chi connectivity index (χ0n) is 10.1. The Labute approximate surface area is 124 Å². The maximum atomic E-state index is 11.4. The highest BCUT2D eigenvalue weighted by Gasteiger charge is 2.09. The number of carbonyl (C=O) groups is 1. The van der Waals surface area contributed by atoms with Crippen LogP contribution in [0.15, 0.2) is 22.9 Å². The summed E-state index contributed by atoms with van der Waals surface area (Å²) in [5, 5.41) is 0. The number of carbonyl (C=O) groups excluding carboxylic acids is 1. The molecule has 0 aliphatic rings. The third-order valence-electron chi connectivity index (χ3n) is 2.38. The highest BCUT2D eigenvalue weighted by atomic mass is 79.9. The highest BCUT2D eigenvalue weighted by molar-refractivity contribution is 9.10. The monoisotopic (exact) mass is 376 g/mol. The van der Waals surface area contributed by atoms with E-state index in [1.807, 2.05) is 29.8 Å². The van der Waals surface area contributed by atoms with Crippen molar-refractivity contribution in [1.82, 2.24) is 9.38 Å². The van der Waals surface area contributed by atoms with Crippen LogP contribution in [0.3, 0.4) is 0 Å². The molecule has 0 aliphatic heterocycles. The molecule has 0 bridgehead atoms. The fourth-order valence-electron chi connectivity index (χ4n) is 1.72. The minimum Gasteiger partial charge on any atom is -0.466 e. The minimum atomic E-state index is -0.243. The zero-order chi connectivity index (χ0) is 12.4. The first-order valence-corrected chi connectivity index (χ1v) is 6.19. The number of nitrogens with zero attached hydrogens (tertiary/aromatic N) is 2. The maximum Gasteiger partial charge on any atom is 0.311 e. The van der Waals surface area contributed by atoms with Crippen molar-refractivity contribution in [3.63, 3.8) is 0 Å². The van der Waals surface area contributed by atoms with E-state index in [0.717, 1.165) is 21.4 Å². The molecule has 0 aromatic carbocycles. The number of pyridine rings is 1. The summed E-state index contributed by atoms with van der Waals surface area (Å²) in [6, 6.07) is 2.00. The van der Waals surface area contributed by atoms with Crippen molar-refractivity contribution < 1.29 is 9.53 Å². The third-order valence-corrected chi connectivity index (χ3v) is 2.82. The lowest BCUT2D eigenvalue weighted by atomic mass is 10.3. The average Bonchev–Trinajstić information content (AvgIpc) is 2.60. The summed E-state index contributed by atoms with van der Waals surface area (Å²) in [7, 11) is 0. The van der Waals surface area contributed by atoms with Gasteiger partial charge in [0.15, 0.2) is 0 Å². The molecule has 0 fully saturated rings. The largest absolute Gasteiger partial charge is 0.466 e. The van der Waals surface area contributed by atoms with Gasteiger partial charge in [0, 0.05) is 16.9 Å². The molecule has 0 unspecified atom stereocenters. The van der Waals surface area contributed by atoms with Crippen molar-refractivity contribution in [3.8, 4) is 0 Å². The summed E-state index contributed by atoms with van der Waals surface area (Å²) in [6.07, 6.45) is 3.99. The Morgan fingerprint density at radius 2 is 2.22 bits per heavy atom. The molecule has 0 saturated heterocycles. The first-order valence-electron chi connectivity index (χ1n) is 5.39. The predicted octanol–water partition coefficient (Wildman–Crippen LogP) is 3.09. The fourth-order valence-corrected chi connectivity index (χ4v) is 2.29. The van der Waals surface area contributed by atoms with E-state index in [0.29, 0.717) is 6.61 Å². The number of hydrogen-bond donors (Lipinski definition) is 0. The van der Waals surface area contributed by atoms with Crippen molar-refractivity contribution in [3.05, 3.63) is 34.2 Å². The topological polar surface area (TPSA) is 43.6 Å². The highest BCUT2D eigenvalue weighted by Crippen LogP contribution is 2.17. The molecule has 18 heavy (non-hydrogen) atoms. The lowest BCUT2D eigenvalue weighted by Gasteiger charge is -1.97. The number of fused-ring (bicyclic) bond motifs is 1. The normalized spacial score (nSPS) is 10.2. The van der Waals surface area contributed by atoms with E-state index in [-0.39, 0.29) is 29.4 Å². The molecule has 0 saturated carbocycles. The van der Waals surface area contributed by atoms with Gasteiger partial charge < -0.3 is 9.14 Å². The molecule has 0 radical (unpaired) electrons. The van der Waals surface area contributed by atoms with Crippen molar-refractivity contribution in [2.45, 2.75) is 20.3 Å². The van der Waals surface area contributed by atoms with Crippen LogP contribution in [0, 0.1) is 6.92 Å². The van der Waals surface area contributed by atoms with Gasteiger partial charge in [0.2, 0.25) is 0 Å². The summed E-state index contributed by atoms with van der Waals surface area (Å²) in [5.74, 6) is -0.243. The number of hydrogen-bond acceptors (Lipinski definition) is 3. The molecular formula is C12H14Br2N2O2. The van der Waals surface area contributed by atoms with Crippen LogP contribution in [0.4, 0.5) is 0 Å². The third kappa shape index (κ3) is 3.32. The lowest BCUT2D eigenvalue weighted by Crippen LogP contribution is -2.07. The second-order valence-corrected chi connectivity index (χ2v) is 4.70. The molecule has 98 valence electrons. The number of halogens is 2. The molecule has 6 heteroatoms. The number of aromatic nitrogens is 2. The molecule has 0 spiro atoms. The van der Waals surface area contributed by atoms with E-state index in [1.54, 1.807) is 6.92 Å². The van der Waals surface area contributed by atoms with Gasteiger partial charge in [0.1, 0.15) is 5.65 Å². The van der Waals surface area contributed by atoms with Gasteiger partial charge >= 0.3 is 5.97 Å². The molecule has 4 nitrogen and oxygen atoms in total. The van der Waals surface area contributed by atoms with Gasteiger partial charge in [-0.25, -0.2) is 4.98 Å². The summed E-state index contributed by atoms with van der Waals surface area (Å²) >= 11 is 3.43. The van der Waals surface area contributed by atoms with Crippen LogP contribution in [0.5, 0.6) is 0 Å². The molecule has 0 N–H and O–H groups in total. The molecule has 0 aliphatic carbocycles. The average molecular weight is 378 g/mol. The van der Waals surface area contributed by atoms with Crippen molar-refractivity contribution in [1.29, 1.82) is 0 Å². The van der Waals surface area contributed by atoms with Crippen LogP contribution < -0.4 is 0 Å². The van der Waals surface area contributed by atoms with Crippen molar-refractivity contribution >= 4 is 44.5 Å². The smallest absolute Gasteiger partial charge is 0.311 e. The first-order chi connectivity index (χ1) is 8.10. The number of ether oxygens (including phenoxy) is 1. The summed E-state index contributed by atoms with van der Waals surface area (Å²) in [6.45, 7) is 4.18. The molecule has 2 aromatic heterocycles. The van der Waals surface area contributed by atoms with Gasteiger partial charge in [0.05, 0.1) is 18.7 Å². The van der Waals surface area contributed by atoms with Crippen LogP contribution >= 0.6 is 32.9 Å². The van der Waals surface area contributed by atoms with Gasteiger partial charge in [-0.1, -0.05) is 0 Å². The number of rotatable bonds is 3. The quantitative estimate of drug-likeness (QED) is 0.772. The summed E-state index contributed by atoms with van der Waals surface area (Å²) < 4.78 is 7.80. The first kappa shape index (κ1) is 15.2. The molecule has 0 amide bonds. The molecule has 0 atom stereocenters. The minimum absolute atomic E-state index is 0. The van der Waals surface area contributed by atoms with Crippen LogP contribution in [0.25, 0.3) is 5.65 Å². The Morgan fingerprint density at radius 3 is 2.89 bits per heavy atom. The van der Waals surface area contributed by atoms with Crippen LogP contribution in [-0.4, -0.2) is 22.0 Å². The van der Waals surface area contributed by atoms with Gasteiger partial charge in [0.25, 0.3) is 0 Å². The Hall–Kier alpha value is -0.880. The zero-order valence-corrected chi connectivity index (χ0v) is 13.4. The van der Waals surface area contributed by atoms with E-state index in [1.165, 1.54) is 0 Å². The fraction of sp³-hybridized carbons (Fsp3) is 0.333. The van der Waals surface area contributed by atoms with E-state index < -0.39 is 0 Å². The lowest BCUT2D eigenvalue weighted by molar-refractivity contribution is -0.142. The molecular weight excluding hydrogens is 364 g/mol. The van der Waals surface area contributed by atoms with Gasteiger partial charge in [-0.15, -0.1) is 17.0 Å². The summed E-state index contributed by atoms with van der Waals surface area (Å²) in [4.78, 5) is 15.8. The standard InChI is InChI=1S/C12H13BrN2O2.BrH/c1-3-17-11(16)5-10-7-15-6-9(13)4-8(2)12(15)14-10;/h4,6-7H,3,5H2,1-2H3;1H. The van der Waals surface area contributed by atoms with Crippen LogP contribution in [-0.2, 0) is 16.0 Å². The van der Waals surface area contributed by atoms with E-state index in [9.17, 15) is 4.79 Å². The molecule has 2 heterocycles. The van der Waals surface area contributed by atoms with E-state index in [4.69, 9.17) is 4.74 Å². The number of esters is 1.